The maximum Gasteiger partial charge on any atom is 0.416 e. The molecular weight excluding hydrogens is 414 g/mol. The number of nitrogens with one attached hydrogen (secondary N) is 1. The van der Waals surface area contributed by atoms with Gasteiger partial charge in [-0.05, 0) is 37.1 Å². The average Bonchev–Trinajstić information content (AvgIpc) is 3.48. The molecule has 0 amide bonds. The first-order chi connectivity index (χ1) is 14.8. The number of rotatable bonds is 4. The van der Waals surface area contributed by atoms with Gasteiger partial charge in [-0.25, -0.2) is 14.4 Å². The maximum absolute atomic E-state index is 13.9. The van der Waals surface area contributed by atoms with Crippen molar-refractivity contribution >= 4 is 28.5 Å². The molecule has 0 radical (unpaired) electrons. The molecule has 1 aromatic carbocycles. The third-order valence-electron chi connectivity index (χ3n) is 4.87. The number of nitrogens with two attached hydrogens (primary N) is 1. The molecule has 0 spiro atoms. The van der Waals surface area contributed by atoms with E-state index in [9.17, 15) is 17.6 Å². The maximum atomic E-state index is 13.9. The first kappa shape index (κ1) is 19.2. The van der Waals surface area contributed by atoms with Crippen LogP contribution >= 0.6 is 0 Å². The third kappa shape index (κ3) is 3.74. The van der Waals surface area contributed by atoms with Gasteiger partial charge in [0, 0.05) is 23.7 Å². The van der Waals surface area contributed by atoms with Crippen molar-refractivity contribution in [1.82, 2.24) is 24.5 Å². The molecule has 0 atom stereocenters. The van der Waals surface area contributed by atoms with Crippen LogP contribution in [0.4, 0.5) is 34.9 Å². The van der Waals surface area contributed by atoms with Crippen molar-refractivity contribution in [3.8, 4) is 5.95 Å². The molecule has 3 aromatic heterocycles. The molecule has 5 rings (SSSR count). The van der Waals surface area contributed by atoms with Gasteiger partial charge >= 0.3 is 6.18 Å². The summed E-state index contributed by atoms with van der Waals surface area (Å²) in [6.45, 7) is 0. The number of benzene rings is 1. The topological polar surface area (TPSA) is 94.5 Å². The molecule has 1 aliphatic rings. The fourth-order valence-corrected chi connectivity index (χ4v) is 3.29. The smallest absolute Gasteiger partial charge is 0.383 e. The fraction of sp³-hybridized carbons (Fsp3) is 0.200. The van der Waals surface area contributed by atoms with Crippen molar-refractivity contribution in [2.45, 2.75) is 24.9 Å². The van der Waals surface area contributed by atoms with Gasteiger partial charge in [0.1, 0.15) is 23.3 Å². The van der Waals surface area contributed by atoms with Crippen LogP contribution in [0.25, 0.3) is 17.1 Å². The Morgan fingerprint density at radius 2 is 1.77 bits per heavy atom. The standard InChI is InChI=1S/C20H15F4N7/c21-12-7-14-17(26-9-12)30-18(10-1-2-10)31(14)19-28-15(25)8-16(29-19)27-13-5-3-11(4-6-13)20(22,23)24/h3-10H,1-2H2,(H3,25,27,28,29). The summed E-state index contributed by atoms with van der Waals surface area (Å²) in [5.74, 6) is 0.907. The van der Waals surface area contributed by atoms with E-state index in [0.717, 1.165) is 31.2 Å². The van der Waals surface area contributed by atoms with Crippen LogP contribution in [0, 0.1) is 5.82 Å². The van der Waals surface area contributed by atoms with Crippen LogP contribution in [0.5, 0.6) is 0 Å². The molecule has 1 saturated carbocycles. The van der Waals surface area contributed by atoms with Crippen molar-refractivity contribution in [3.05, 3.63) is 59.8 Å². The van der Waals surface area contributed by atoms with Gasteiger partial charge in [-0.2, -0.15) is 23.1 Å². The fourth-order valence-electron chi connectivity index (χ4n) is 3.29. The van der Waals surface area contributed by atoms with Crippen LogP contribution < -0.4 is 11.1 Å². The number of anilines is 3. The predicted octanol–water partition coefficient (Wildman–Crippen LogP) is 4.57. The van der Waals surface area contributed by atoms with Gasteiger partial charge in [-0.1, -0.05) is 0 Å². The molecule has 31 heavy (non-hydrogen) atoms. The zero-order valence-electron chi connectivity index (χ0n) is 15.9. The van der Waals surface area contributed by atoms with Crippen LogP contribution in [-0.2, 0) is 6.18 Å². The molecule has 1 fully saturated rings. The normalized spacial score (nSPS) is 14.2. The Hall–Kier alpha value is -3.76. The minimum Gasteiger partial charge on any atom is -0.383 e. The summed E-state index contributed by atoms with van der Waals surface area (Å²) in [4.78, 5) is 17.2. The summed E-state index contributed by atoms with van der Waals surface area (Å²) in [6, 6.07) is 7.28. The number of hydrogen-bond acceptors (Lipinski definition) is 6. The lowest BCUT2D eigenvalue weighted by Gasteiger charge is -2.12. The number of fused-ring (bicyclic) bond motifs is 1. The van der Waals surface area contributed by atoms with E-state index in [1.807, 2.05) is 0 Å². The van der Waals surface area contributed by atoms with Crippen LogP contribution in [0.3, 0.4) is 0 Å². The van der Waals surface area contributed by atoms with Gasteiger partial charge in [0.2, 0.25) is 5.95 Å². The molecular formula is C20H15F4N7. The van der Waals surface area contributed by atoms with Crippen molar-refractivity contribution in [3.63, 3.8) is 0 Å². The molecule has 11 heteroatoms. The van der Waals surface area contributed by atoms with E-state index in [0.29, 0.717) is 22.7 Å². The molecule has 158 valence electrons. The van der Waals surface area contributed by atoms with Crippen molar-refractivity contribution in [2.75, 3.05) is 11.1 Å². The van der Waals surface area contributed by atoms with Gasteiger partial charge in [0.15, 0.2) is 5.65 Å². The molecule has 0 bridgehead atoms. The predicted molar refractivity (Wildman–Crippen MR) is 106 cm³/mol. The Balaban J connectivity index is 1.55. The van der Waals surface area contributed by atoms with E-state index < -0.39 is 17.6 Å². The number of hydrogen-bond donors (Lipinski definition) is 2. The molecule has 4 aromatic rings. The van der Waals surface area contributed by atoms with Crippen LogP contribution in [0.15, 0.2) is 42.6 Å². The second-order valence-electron chi connectivity index (χ2n) is 7.25. The number of pyridine rings is 1. The number of nitrogens with zero attached hydrogens (tertiary/aromatic N) is 5. The highest BCUT2D eigenvalue weighted by Crippen LogP contribution is 2.41. The van der Waals surface area contributed by atoms with Crippen LogP contribution in [0.1, 0.15) is 30.1 Å². The lowest BCUT2D eigenvalue weighted by molar-refractivity contribution is -0.137. The highest BCUT2D eigenvalue weighted by atomic mass is 19.4. The zero-order valence-corrected chi connectivity index (χ0v) is 15.9. The molecule has 0 saturated heterocycles. The summed E-state index contributed by atoms with van der Waals surface area (Å²) in [7, 11) is 0. The van der Waals surface area contributed by atoms with Gasteiger partial charge in [0.25, 0.3) is 0 Å². The highest BCUT2D eigenvalue weighted by Gasteiger charge is 2.32. The van der Waals surface area contributed by atoms with E-state index in [2.05, 4.69) is 25.3 Å². The van der Waals surface area contributed by atoms with Crippen molar-refractivity contribution in [2.24, 2.45) is 0 Å². The molecule has 3 N–H and O–H groups in total. The minimum absolute atomic E-state index is 0.132. The third-order valence-corrected chi connectivity index (χ3v) is 4.87. The van der Waals surface area contributed by atoms with E-state index in [1.165, 1.54) is 24.3 Å². The number of alkyl halides is 3. The molecule has 1 aliphatic carbocycles. The van der Waals surface area contributed by atoms with Crippen LogP contribution in [0.2, 0.25) is 0 Å². The van der Waals surface area contributed by atoms with E-state index in [4.69, 9.17) is 5.73 Å². The number of imidazole rings is 1. The van der Waals surface area contributed by atoms with Crippen LogP contribution in [-0.4, -0.2) is 24.5 Å². The van der Waals surface area contributed by atoms with E-state index >= 15 is 0 Å². The molecule has 7 nitrogen and oxygen atoms in total. The Labute approximate surface area is 173 Å². The number of halogens is 4. The van der Waals surface area contributed by atoms with Crippen molar-refractivity contribution < 1.29 is 17.6 Å². The van der Waals surface area contributed by atoms with Crippen molar-refractivity contribution in [1.29, 1.82) is 0 Å². The Bertz CT molecular complexity index is 1280. The lowest BCUT2D eigenvalue weighted by Crippen LogP contribution is -2.09. The first-order valence-corrected chi connectivity index (χ1v) is 9.41. The Morgan fingerprint density at radius 1 is 1.03 bits per heavy atom. The molecule has 0 aliphatic heterocycles. The highest BCUT2D eigenvalue weighted by molar-refractivity contribution is 5.74. The second kappa shape index (κ2) is 6.89. The summed E-state index contributed by atoms with van der Waals surface area (Å²) in [6.07, 6.45) is -1.46. The Kier molecular flexibility index (Phi) is 4.27. The van der Waals surface area contributed by atoms with Gasteiger partial charge in [0.05, 0.1) is 17.3 Å². The largest absolute Gasteiger partial charge is 0.416 e. The molecule has 0 unspecified atom stereocenters. The van der Waals surface area contributed by atoms with Gasteiger partial charge in [-0.3, -0.25) is 4.57 Å². The number of aromatic nitrogens is 5. The lowest BCUT2D eigenvalue weighted by atomic mass is 10.2. The number of nitrogen functional groups attached to an aromatic ring is 1. The van der Waals surface area contributed by atoms with Gasteiger partial charge in [-0.15, -0.1) is 0 Å². The quantitative estimate of drug-likeness (QED) is 0.462. The zero-order chi connectivity index (χ0) is 21.8. The summed E-state index contributed by atoms with van der Waals surface area (Å²) >= 11 is 0. The summed E-state index contributed by atoms with van der Waals surface area (Å²) in [5, 5.41) is 2.93. The molecule has 3 heterocycles. The first-order valence-electron chi connectivity index (χ1n) is 9.41. The SMILES string of the molecule is Nc1cc(Nc2ccc(C(F)(F)F)cc2)nc(-n2c(C3CC3)nc3ncc(F)cc32)n1. The Morgan fingerprint density at radius 3 is 2.45 bits per heavy atom. The summed E-state index contributed by atoms with van der Waals surface area (Å²) in [5.41, 5.74) is 6.37. The summed E-state index contributed by atoms with van der Waals surface area (Å²) < 4.78 is 53.8. The minimum atomic E-state index is -4.42. The van der Waals surface area contributed by atoms with E-state index in [-0.39, 0.29) is 23.5 Å². The monoisotopic (exact) mass is 429 g/mol. The van der Waals surface area contributed by atoms with E-state index in [1.54, 1.807) is 4.57 Å². The van der Waals surface area contributed by atoms with Gasteiger partial charge < -0.3 is 11.1 Å². The second-order valence-corrected chi connectivity index (χ2v) is 7.25. The average molecular weight is 429 g/mol.